The van der Waals surface area contributed by atoms with Crippen molar-refractivity contribution in [2.45, 2.75) is 38.0 Å². The second-order valence-electron chi connectivity index (χ2n) is 10.1. The first-order valence-electron chi connectivity index (χ1n) is 12.5. The number of alkyl halides is 2. The Bertz CT molecular complexity index is 1410. The van der Waals surface area contributed by atoms with E-state index >= 15 is 0 Å². The van der Waals surface area contributed by atoms with Crippen LogP contribution in [0.25, 0.3) is 10.9 Å². The third-order valence-electron chi connectivity index (χ3n) is 7.41. The summed E-state index contributed by atoms with van der Waals surface area (Å²) in [6.45, 7) is 4.16. The summed E-state index contributed by atoms with van der Waals surface area (Å²) in [5.74, 6) is -0.269. The Morgan fingerprint density at radius 1 is 1.29 bits per heavy atom. The Balaban J connectivity index is 1.59. The number of hydrogen-bond donors (Lipinski definition) is 2. The second-order valence-corrected chi connectivity index (χ2v) is 10.1. The van der Waals surface area contributed by atoms with Crippen molar-refractivity contribution in [3.63, 3.8) is 0 Å². The van der Waals surface area contributed by atoms with Gasteiger partial charge in [0.05, 0.1) is 0 Å². The highest BCUT2D eigenvalue weighted by Gasteiger charge is 2.60. The highest BCUT2D eigenvalue weighted by atomic mass is 19.3. The molecule has 38 heavy (non-hydrogen) atoms. The van der Waals surface area contributed by atoms with Crippen LogP contribution in [-0.2, 0) is 11.2 Å². The minimum atomic E-state index is -2.97. The number of halogens is 2. The number of aromatic nitrogens is 1. The molecular formula is C28H30F2N4O4. The lowest BCUT2D eigenvalue weighted by Crippen LogP contribution is -2.53. The number of amides is 3. The molecule has 0 saturated carbocycles. The summed E-state index contributed by atoms with van der Waals surface area (Å²) in [4.78, 5) is 36.0. The molecule has 1 unspecified atom stereocenters. The largest absolute Gasteiger partial charge is 0.508 e. The van der Waals surface area contributed by atoms with E-state index in [1.165, 1.54) is 23.1 Å². The number of phenols is 1. The quantitative estimate of drug-likeness (QED) is 0.314. The summed E-state index contributed by atoms with van der Waals surface area (Å²) < 4.78 is 30.5. The summed E-state index contributed by atoms with van der Waals surface area (Å²) in [6, 6.07) is 10.1. The number of likely N-dealkylation sites (N-methyl/N-ethyl adjacent to an activating group) is 1. The summed E-state index contributed by atoms with van der Waals surface area (Å²) in [6.07, 6.45) is 2.60. The number of carbonyl (C=O) groups excluding carboxylic acids is 2. The molecule has 0 radical (unpaired) electrons. The van der Waals surface area contributed by atoms with Crippen LogP contribution in [0.2, 0.25) is 0 Å². The van der Waals surface area contributed by atoms with Gasteiger partial charge in [0.1, 0.15) is 23.1 Å². The first-order chi connectivity index (χ1) is 18.1. The average Bonchev–Trinajstić information content (AvgIpc) is 3.30. The number of carbonyl (C=O) groups is 2. The number of imide groups is 1. The van der Waals surface area contributed by atoms with Gasteiger partial charge in [-0.05, 0) is 68.4 Å². The van der Waals surface area contributed by atoms with Crippen LogP contribution >= 0.6 is 0 Å². The first kappa shape index (κ1) is 25.7. The van der Waals surface area contributed by atoms with Crippen molar-refractivity contribution in [3.8, 4) is 11.5 Å². The van der Waals surface area contributed by atoms with Crippen molar-refractivity contribution < 1.29 is 28.2 Å². The lowest BCUT2D eigenvalue weighted by atomic mass is 9.81. The number of aromatic hydroxyl groups is 1. The number of fused-ring (bicyclic) bond motifs is 4. The number of ether oxygens (including phenoxy) is 1. The van der Waals surface area contributed by atoms with Crippen LogP contribution in [-0.4, -0.2) is 75.6 Å². The normalized spacial score (nSPS) is 20.9. The number of rotatable bonds is 9. The zero-order valence-electron chi connectivity index (χ0n) is 21.3. The maximum atomic E-state index is 13.8. The number of phenolic OH excluding ortho intramolecular Hbond substituents is 1. The number of urea groups is 1. The molecule has 10 heteroatoms. The van der Waals surface area contributed by atoms with Crippen molar-refractivity contribution in [1.82, 2.24) is 19.7 Å². The van der Waals surface area contributed by atoms with E-state index in [4.69, 9.17) is 0 Å². The predicted molar refractivity (Wildman–Crippen MR) is 138 cm³/mol. The average molecular weight is 525 g/mol. The maximum absolute atomic E-state index is 13.8. The molecule has 5 rings (SSSR count). The molecule has 3 amide bonds. The predicted octanol–water partition coefficient (Wildman–Crippen LogP) is 4.65. The highest BCUT2D eigenvalue weighted by Crippen LogP contribution is 2.49. The minimum Gasteiger partial charge on any atom is -0.508 e. The van der Waals surface area contributed by atoms with Crippen LogP contribution < -0.4 is 4.74 Å². The number of nitrogens with one attached hydrogen (secondary N) is 1. The van der Waals surface area contributed by atoms with E-state index < -0.39 is 24.2 Å². The molecule has 1 saturated heterocycles. The van der Waals surface area contributed by atoms with Crippen molar-refractivity contribution in [2.24, 2.45) is 0 Å². The van der Waals surface area contributed by atoms with Gasteiger partial charge in [0.2, 0.25) is 0 Å². The molecule has 8 nitrogen and oxygen atoms in total. The Hall–Kier alpha value is -3.92. The number of H-pyrrole nitrogens is 1. The number of aromatic amines is 1. The first-order valence-corrected chi connectivity index (χ1v) is 12.5. The van der Waals surface area contributed by atoms with Gasteiger partial charge in [-0.25, -0.2) is 4.79 Å². The van der Waals surface area contributed by atoms with E-state index in [9.17, 15) is 23.5 Å². The Kier molecular flexibility index (Phi) is 6.60. The molecule has 0 bridgehead atoms. The van der Waals surface area contributed by atoms with Crippen molar-refractivity contribution in [1.29, 1.82) is 0 Å². The fourth-order valence-electron chi connectivity index (χ4n) is 5.72. The maximum Gasteiger partial charge on any atom is 0.387 e. The van der Waals surface area contributed by atoms with Crippen LogP contribution in [0.5, 0.6) is 11.5 Å². The molecule has 0 aliphatic carbocycles. The summed E-state index contributed by atoms with van der Waals surface area (Å²) >= 11 is 0. The van der Waals surface area contributed by atoms with Gasteiger partial charge in [-0.2, -0.15) is 8.78 Å². The van der Waals surface area contributed by atoms with Crippen LogP contribution in [0.15, 0.2) is 55.1 Å². The topological polar surface area (TPSA) is 89.1 Å². The fourth-order valence-corrected chi connectivity index (χ4v) is 5.72. The monoisotopic (exact) mass is 524 g/mol. The fraction of sp³-hybridized carbons (Fsp3) is 0.357. The summed E-state index contributed by atoms with van der Waals surface area (Å²) in [7, 11) is 1.95. The van der Waals surface area contributed by atoms with Gasteiger partial charge in [0.15, 0.2) is 0 Å². The molecule has 1 fully saturated rings. The van der Waals surface area contributed by atoms with Gasteiger partial charge >= 0.3 is 12.6 Å². The Morgan fingerprint density at radius 2 is 2.08 bits per heavy atom. The molecule has 200 valence electrons. The van der Waals surface area contributed by atoms with E-state index in [-0.39, 0.29) is 30.4 Å². The van der Waals surface area contributed by atoms with E-state index in [1.54, 1.807) is 42.2 Å². The third-order valence-corrected chi connectivity index (χ3v) is 7.41. The van der Waals surface area contributed by atoms with E-state index in [1.807, 2.05) is 7.05 Å². The Labute approximate surface area is 219 Å². The molecule has 2 atom stereocenters. The van der Waals surface area contributed by atoms with Crippen molar-refractivity contribution >= 4 is 22.8 Å². The number of nitrogens with zero attached hydrogens (tertiary/aromatic N) is 3. The van der Waals surface area contributed by atoms with Crippen molar-refractivity contribution in [3.05, 3.63) is 71.9 Å². The highest BCUT2D eigenvalue weighted by molar-refractivity contribution is 6.08. The van der Waals surface area contributed by atoms with Gasteiger partial charge in [-0.3, -0.25) is 14.6 Å². The Morgan fingerprint density at radius 3 is 2.79 bits per heavy atom. The van der Waals surface area contributed by atoms with Gasteiger partial charge < -0.3 is 19.7 Å². The van der Waals surface area contributed by atoms with Crippen LogP contribution in [0.4, 0.5) is 13.6 Å². The molecular weight excluding hydrogens is 494 g/mol. The SMILES string of the molecule is C=CCN(C)CCCN1C(=O)N2C(c3cccc(O)c3)c3[nH]c4ccc(OC(F)F)cc4c3C[C@@]2(C)C1=O. The van der Waals surface area contributed by atoms with Crippen LogP contribution in [0.3, 0.4) is 0 Å². The van der Waals surface area contributed by atoms with Gasteiger partial charge in [0, 0.05) is 36.1 Å². The molecule has 2 aliphatic rings. The molecule has 3 aromatic rings. The van der Waals surface area contributed by atoms with Crippen molar-refractivity contribution in [2.75, 3.05) is 26.7 Å². The van der Waals surface area contributed by atoms with E-state index in [0.717, 1.165) is 5.56 Å². The van der Waals surface area contributed by atoms with E-state index in [2.05, 4.69) is 21.2 Å². The van der Waals surface area contributed by atoms with Gasteiger partial charge in [-0.1, -0.05) is 18.2 Å². The van der Waals surface area contributed by atoms with Crippen LogP contribution in [0, 0.1) is 0 Å². The summed E-state index contributed by atoms with van der Waals surface area (Å²) in [5.41, 5.74) is 1.52. The smallest absolute Gasteiger partial charge is 0.387 e. The minimum absolute atomic E-state index is 0.00915. The zero-order chi connectivity index (χ0) is 27.2. The zero-order valence-corrected chi connectivity index (χ0v) is 21.3. The molecule has 2 aromatic carbocycles. The van der Waals surface area contributed by atoms with Gasteiger partial charge in [-0.15, -0.1) is 6.58 Å². The molecule has 2 aliphatic heterocycles. The molecule has 2 N–H and O–H groups in total. The molecule has 1 aromatic heterocycles. The standard InChI is InChI=1S/C28H30F2N4O4/c1-4-11-32(3)12-6-13-33-25(36)28(2)16-21-20-15-19(38-26(29)30)9-10-22(20)31-23(21)24(34(28)27(33)37)17-7-5-8-18(35)14-17/h4-5,7-10,14-15,24,26,31,35H,1,6,11-13,16H2,2-3H3/t24?,28-/m0/s1. The molecule has 0 spiro atoms. The number of hydrogen-bond acceptors (Lipinski definition) is 5. The van der Waals surface area contributed by atoms with Gasteiger partial charge in [0.25, 0.3) is 5.91 Å². The lowest BCUT2D eigenvalue weighted by molar-refractivity contribution is -0.133. The van der Waals surface area contributed by atoms with E-state index in [0.29, 0.717) is 41.7 Å². The second kappa shape index (κ2) is 9.75. The van der Waals surface area contributed by atoms with Crippen LogP contribution in [0.1, 0.15) is 36.2 Å². The molecule has 3 heterocycles. The summed E-state index contributed by atoms with van der Waals surface area (Å²) in [5, 5.41) is 10.9. The number of benzene rings is 2. The third kappa shape index (κ3) is 4.28. The lowest BCUT2D eigenvalue weighted by Gasteiger charge is -2.42.